The summed E-state index contributed by atoms with van der Waals surface area (Å²) >= 11 is 0. The van der Waals surface area contributed by atoms with E-state index in [1.165, 1.54) is 10.7 Å². The molecule has 2 aromatic rings. The number of fused-ring (bicyclic) bond motifs is 2. The number of hydrogen-bond donors (Lipinski definition) is 1. The van der Waals surface area contributed by atoms with Gasteiger partial charge in [0.05, 0.1) is 32.1 Å². The van der Waals surface area contributed by atoms with Crippen LogP contribution in [0.15, 0.2) is 35.1 Å². The molecule has 2 atom stereocenters. The van der Waals surface area contributed by atoms with Gasteiger partial charge in [0.2, 0.25) is 0 Å². The van der Waals surface area contributed by atoms with Gasteiger partial charge >= 0.3 is 0 Å². The van der Waals surface area contributed by atoms with Gasteiger partial charge in [-0.3, -0.25) is 9.69 Å². The highest BCUT2D eigenvalue weighted by Crippen LogP contribution is 2.43. The molecule has 1 aromatic carbocycles. The molecule has 4 rings (SSSR count). The molecule has 1 aromatic heterocycles. The fraction of sp³-hybridized carbons (Fsp3) is 0.545. The number of aromatic nitrogens is 2. The van der Waals surface area contributed by atoms with Crippen LogP contribution in [0.2, 0.25) is 0 Å². The smallest absolute Gasteiger partial charge is 0.266 e. The fourth-order valence-electron chi connectivity index (χ4n) is 5.02. The second kappa shape index (κ2) is 7.80. The van der Waals surface area contributed by atoms with Crippen molar-refractivity contribution in [2.75, 3.05) is 14.2 Å². The molecular weight excluding hydrogens is 370 g/mol. The van der Waals surface area contributed by atoms with Crippen molar-refractivity contribution in [3.63, 3.8) is 0 Å². The summed E-state index contributed by atoms with van der Waals surface area (Å²) < 4.78 is 12.4. The summed E-state index contributed by atoms with van der Waals surface area (Å²) in [6.07, 6.45) is 3.38. The summed E-state index contributed by atoms with van der Waals surface area (Å²) in [5.74, 6) is 1.50. The molecule has 156 valence electrons. The molecule has 2 fully saturated rings. The molecule has 7 heteroatoms. The molecule has 0 aliphatic carbocycles. The van der Waals surface area contributed by atoms with Crippen molar-refractivity contribution in [1.29, 1.82) is 0 Å². The molecular formula is C22H29N3O4. The summed E-state index contributed by atoms with van der Waals surface area (Å²) in [7, 11) is 3.31. The average molecular weight is 399 g/mol. The highest BCUT2D eigenvalue weighted by Gasteiger charge is 2.48. The molecule has 2 unspecified atom stereocenters. The van der Waals surface area contributed by atoms with E-state index in [1.807, 2.05) is 19.1 Å². The van der Waals surface area contributed by atoms with Gasteiger partial charge in [0, 0.05) is 30.3 Å². The van der Waals surface area contributed by atoms with Crippen molar-refractivity contribution >= 4 is 0 Å². The monoisotopic (exact) mass is 399 g/mol. The lowest BCUT2D eigenvalue weighted by atomic mass is 9.85. The number of nitrogens with zero attached hydrogens (tertiary/aromatic N) is 3. The third kappa shape index (κ3) is 3.89. The van der Waals surface area contributed by atoms with Crippen molar-refractivity contribution in [1.82, 2.24) is 14.7 Å². The van der Waals surface area contributed by atoms with E-state index in [4.69, 9.17) is 9.47 Å². The third-order valence-corrected chi connectivity index (χ3v) is 6.28. The van der Waals surface area contributed by atoms with Crippen molar-refractivity contribution in [2.45, 2.75) is 63.4 Å². The number of piperidine rings is 1. The van der Waals surface area contributed by atoms with E-state index >= 15 is 0 Å². The summed E-state index contributed by atoms with van der Waals surface area (Å²) in [4.78, 5) is 14.6. The van der Waals surface area contributed by atoms with Gasteiger partial charge < -0.3 is 14.6 Å². The number of methoxy groups -OCH3 is 2. The molecule has 0 radical (unpaired) electrons. The van der Waals surface area contributed by atoms with E-state index in [2.05, 4.69) is 16.1 Å². The van der Waals surface area contributed by atoms with Crippen LogP contribution >= 0.6 is 0 Å². The van der Waals surface area contributed by atoms with Gasteiger partial charge in [-0.25, -0.2) is 4.68 Å². The Morgan fingerprint density at radius 2 is 1.86 bits per heavy atom. The first-order chi connectivity index (χ1) is 13.9. The maximum atomic E-state index is 12.2. The van der Waals surface area contributed by atoms with Gasteiger partial charge in [-0.1, -0.05) is 12.1 Å². The number of benzene rings is 1. The van der Waals surface area contributed by atoms with Gasteiger partial charge in [-0.05, 0) is 44.7 Å². The topological polar surface area (TPSA) is 76.8 Å². The van der Waals surface area contributed by atoms with Crippen molar-refractivity contribution in [3.8, 4) is 11.5 Å². The maximum absolute atomic E-state index is 12.2. The molecule has 0 amide bonds. The second-order valence-corrected chi connectivity index (χ2v) is 8.31. The Kier molecular flexibility index (Phi) is 5.36. The molecule has 0 saturated carbocycles. The van der Waals surface area contributed by atoms with Crippen LogP contribution in [-0.2, 0) is 13.1 Å². The molecule has 2 bridgehead atoms. The van der Waals surface area contributed by atoms with E-state index in [-0.39, 0.29) is 24.2 Å². The van der Waals surface area contributed by atoms with E-state index in [9.17, 15) is 9.90 Å². The lowest BCUT2D eigenvalue weighted by molar-refractivity contribution is -0.0679. The zero-order valence-electron chi connectivity index (χ0n) is 17.3. The van der Waals surface area contributed by atoms with Crippen molar-refractivity contribution in [2.24, 2.45) is 0 Å². The Morgan fingerprint density at radius 3 is 2.52 bits per heavy atom. The number of aryl methyl sites for hydroxylation is 1. The van der Waals surface area contributed by atoms with Gasteiger partial charge in [-0.15, -0.1) is 0 Å². The van der Waals surface area contributed by atoms with Crippen LogP contribution in [0.3, 0.4) is 0 Å². The first-order valence-electron chi connectivity index (χ1n) is 10.2. The quantitative estimate of drug-likeness (QED) is 0.802. The average Bonchev–Trinajstić information content (AvgIpc) is 2.94. The lowest BCUT2D eigenvalue weighted by Gasteiger charge is -2.44. The minimum atomic E-state index is -0.911. The molecule has 2 aliphatic rings. The van der Waals surface area contributed by atoms with Gasteiger partial charge in [0.1, 0.15) is 0 Å². The largest absolute Gasteiger partial charge is 0.493 e. The van der Waals surface area contributed by atoms with E-state index in [1.54, 1.807) is 20.3 Å². The van der Waals surface area contributed by atoms with Crippen LogP contribution in [-0.4, -0.2) is 51.7 Å². The Balaban J connectivity index is 1.52. The van der Waals surface area contributed by atoms with Gasteiger partial charge in [-0.2, -0.15) is 5.10 Å². The van der Waals surface area contributed by atoms with Crippen LogP contribution < -0.4 is 15.0 Å². The van der Waals surface area contributed by atoms with Gasteiger partial charge in [0.15, 0.2) is 11.5 Å². The molecule has 0 spiro atoms. The second-order valence-electron chi connectivity index (χ2n) is 8.31. The lowest BCUT2D eigenvalue weighted by Crippen LogP contribution is -2.53. The molecule has 3 heterocycles. The predicted molar refractivity (Wildman–Crippen MR) is 109 cm³/mol. The molecule has 2 saturated heterocycles. The SMILES string of the molecule is COc1cccc(CN2C3CCC2CC(O)(Cn2nc(C)ccc2=O)C3)c1OC. The molecule has 29 heavy (non-hydrogen) atoms. The van der Waals surface area contributed by atoms with E-state index < -0.39 is 5.60 Å². The minimum Gasteiger partial charge on any atom is -0.493 e. The van der Waals surface area contributed by atoms with Crippen LogP contribution in [0.25, 0.3) is 0 Å². The zero-order valence-corrected chi connectivity index (χ0v) is 17.3. The molecule has 2 aliphatic heterocycles. The van der Waals surface area contributed by atoms with E-state index in [0.717, 1.165) is 42.1 Å². The van der Waals surface area contributed by atoms with Crippen LogP contribution in [0.4, 0.5) is 0 Å². The number of para-hydroxylation sites is 1. The summed E-state index contributed by atoms with van der Waals surface area (Å²) in [5, 5.41) is 15.6. The minimum absolute atomic E-state index is 0.167. The van der Waals surface area contributed by atoms with Crippen LogP contribution in [0.5, 0.6) is 11.5 Å². The number of hydrogen-bond acceptors (Lipinski definition) is 6. The molecule has 1 N–H and O–H groups in total. The standard InChI is InChI=1S/C22H29N3O4/c1-15-7-10-20(26)25(23-15)14-22(27)11-17-8-9-18(12-22)24(17)13-16-5-4-6-19(28-2)21(16)29-3/h4-7,10,17-18,27H,8-9,11-14H2,1-3H3. The fourth-order valence-corrected chi connectivity index (χ4v) is 5.02. The maximum Gasteiger partial charge on any atom is 0.266 e. The Hall–Kier alpha value is -2.38. The molecule has 7 nitrogen and oxygen atoms in total. The summed E-state index contributed by atoms with van der Waals surface area (Å²) in [6.45, 7) is 2.86. The summed E-state index contributed by atoms with van der Waals surface area (Å²) in [5.41, 5.74) is 0.787. The van der Waals surface area contributed by atoms with Gasteiger partial charge in [0.25, 0.3) is 5.56 Å². The number of aliphatic hydroxyl groups is 1. The Bertz CT molecular complexity index is 928. The highest BCUT2D eigenvalue weighted by molar-refractivity contribution is 5.46. The predicted octanol–water partition coefficient (Wildman–Crippen LogP) is 2.13. The van der Waals surface area contributed by atoms with Crippen LogP contribution in [0, 0.1) is 6.92 Å². The number of rotatable bonds is 6. The Labute approximate surface area is 170 Å². The highest BCUT2D eigenvalue weighted by atomic mass is 16.5. The van der Waals surface area contributed by atoms with Crippen molar-refractivity contribution in [3.05, 3.63) is 51.9 Å². The zero-order chi connectivity index (χ0) is 20.6. The van der Waals surface area contributed by atoms with E-state index in [0.29, 0.717) is 12.8 Å². The Morgan fingerprint density at radius 1 is 1.14 bits per heavy atom. The first kappa shape index (κ1) is 19.9. The third-order valence-electron chi connectivity index (χ3n) is 6.28. The first-order valence-corrected chi connectivity index (χ1v) is 10.2. The van der Waals surface area contributed by atoms with Crippen LogP contribution in [0.1, 0.15) is 36.9 Å². The number of ether oxygens (including phenoxy) is 2. The summed E-state index contributed by atoms with van der Waals surface area (Å²) in [6, 6.07) is 9.72. The van der Waals surface area contributed by atoms with Crippen molar-refractivity contribution < 1.29 is 14.6 Å². The normalized spacial score (nSPS) is 26.5.